The van der Waals surface area contributed by atoms with Gasteiger partial charge in [0.15, 0.2) is 0 Å². The third-order valence-electron chi connectivity index (χ3n) is 1.01. The zero-order valence-electron chi connectivity index (χ0n) is 4.94. The number of hydrogen-bond acceptors (Lipinski definition) is 1. The van der Waals surface area contributed by atoms with Crippen LogP contribution in [0.1, 0.15) is 5.69 Å². The molecule has 0 aromatic carbocycles. The first-order valence-corrected chi connectivity index (χ1v) is 3.13. The van der Waals surface area contributed by atoms with Crippen molar-refractivity contribution in [2.45, 2.75) is 5.88 Å². The van der Waals surface area contributed by atoms with Gasteiger partial charge < -0.3 is 0 Å². The van der Waals surface area contributed by atoms with Gasteiger partial charge in [-0.15, -0.1) is 11.6 Å². The Bertz CT molecular complexity index is 239. The van der Waals surface area contributed by atoms with E-state index in [4.69, 9.17) is 11.6 Å². The molecule has 0 N–H and O–H groups in total. The van der Waals surface area contributed by atoms with E-state index in [0.29, 0.717) is 0 Å². The normalized spacial score (nSPS) is 9.90. The molecule has 0 fully saturated rings. The first kappa shape index (κ1) is 7.41. The van der Waals surface area contributed by atoms with Crippen LogP contribution in [0.3, 0.4) is 0 Å². The van der Waals surface area contributed by atoms with Crippen molar-refractivity contribution in [2.24, 2.45) is 0 Å². The summed E-state index contributed by atoms with van der Waals surface area (Å²) in [6, 6.07) is 0.755. The van der Waals surface area contributed by atoms with Gasteiger partial charge in [0.05, 0.1) is 17.8 Å². The van der Waals surface area contributed by atoms with Crippen molar-refractivity contribution in [3.63, 3.8) is 0 Å². The molecule has 0 aliphatic carbocycles. The summed E-state index contributed by atoms with van der Waals surface area (Å²) in [5.41, 5.74) is 0.0723. The lowest BCUT2D eigenvalue weighted by Crippen LogP contribution is -1.91. The predicted octanol–water partition coefficient (Wildman–Crippen LogP) is 2.10. The molecular weight excluding hydrogens is 160 g/mol. The minimum Gasteiger partial charge on any atom is -0.254 e. The van der Waals surface area contributed by atoms with Crippen LogP contribution < -0.4 is 0 Å². The Balaban J connectivity index is 3.07. The molecule has 0 radical (unpaired) electrons. The maximum atomic E-state index is 12.5. The molecule has 54 valence electrons. The molecule has 1 aromatic rings. The summed E-state index contributed by atoms with van der Waals surface area (Å²) in [6.07, 6.45) is 0.931. The Hall–Kier alpha value is -0.700. The molecular formula is C6H4ClF2N. The molecule has 0 aliphatic heterocycles. The van der Waals surface area contributed by atoms with E-state index in [2.05, 4.69) is 4.98 Å². The number of hydrogen-bond donors (Lipinski definition) is 0. The van der Waals surface area contributed by atoms with Crippen LogP contribution in [0.25, 0.3) is 0 Å². The molecule has 4 heteroatoms. The van der Waals surface area contributed by atoms with Crippen LogP contribution in [0, 0.1) is 11.6 Å². The van der Waals surface area contributed by atoms with E-state index < -0.39 is 11.6 Å². The lowest BCUT2D eigenvalue weighted by atomic mass is 10.3. The van der Waals surface area contributed by atoms with E-state index in [1.807, 2.05) is 0 Å². The number of aromatic nitrogens is 1. The van der Waals surface area contributed by atoms with Crippen molar-refractivity contribution < 1.29 is 8.78 Å². The molecule has 0 bridgehead atoms. The van der Waals surface area contributed by atoms with Crippen molar-refractivity contribution >= 4 is 11.6 Å². The number of alkyl halides is 1. The lowest BCUT2D eigenvalue weighted by molar-refractivity contribution is 0.563. The zero-order valence-corrected chi connectivity index (χ0v) is 5.70. The summed E-state index contributed by atoms with van der Waals surface area (Å²) in [5.74, 6) is -1.42. The van der Waals surface area contributed by atoms with Gasteiger partial charge in [-0.05, 0) is 0 Å². The highest BCUT2D eigenvalue weighted by Crippen LogP contribution is 2.07. The van der Waals surface area contributed by atoms with Gasteiger partial charge in [0.25, 0.3) is 0 Å². The first-order chi connectivity index (χ1) is 4.74. The van der Waals surface area contributed by atoms with Crippen LogP contribution in [0.4, 0.5) is 8.78 Å². The first-order valence-electron chi connectivity index (χ1n) is 2.60. The second-order valence-electron chi connectivity index (χ2n) is 1.72. The fourth-order valence-electron chi connectivity index (χ4n) is 0.541. The summed E-state index contributed by atoms with van der Waals surface area (Å²) in [5, 5.41) is 0. The second-order valence-corrected chi connectivity index (χ2v) is 1.98. The van der Waals surface area contributed by atoms with E-state index in [-0.39, 0.29) is 11.6 Å². The molecule has 0 unspecified atom stereocenters. The third-order valence-corrected chi connectivity index (χ3v) is 1.26. The molecule has 0 aliphatic rings. The lowest BCUT2D eigenvalue weighted by Gasteiger charge is -1.94. The second kappa shape index (κ2) is 2.92. The summed E-state index contributed by atoms with van der Waals surface area (Å²) < 4.78 is 24.6. The molecule has 0 saturated carbocycles. The number of pyridine rings is 1. The highest BCUT2D eigenvalue weighted by molar-refractivity contribution is 6.16. The third kappa shape index (κ3) is 1.42. The maximum absolute atomic E-state index is 12.5. The van der Waals surface area contributed by atoms with Crippen LogP contribution in [0.5, 0.6) is 0 Å². The quantitative estimate of drug-likeness (QED) is 0.578. The monoisotopic (exact) mass is 163 g/mol. The number of nitrogens with zero attached hydrogens (tertiary/aromatic N) is 1. The Labute approximate surface area is 61.7 Å². The molecule has 1 nitrogen and oxygen atoms in total. The highest BCUT2D eigenvalue weighted by Gasteiger charge is 2.02. The predicted molar refractivity (Wildman–Crippen MR) is 33.7 cm³/mol. The minimum atomic E-state index is -0.699. The van der Waals surface area contributed by atoms with Crippen molar-refractivity contribution in [1.29, 1.82) is 0 Å². The number of rotatable bonds is 1. The molecule has 0 amide bonds. The van der Waals surface area contributed by atoms with Gasteiger partial charge in [-0.25, -0.2) is 8.78 Å². The Morgan fingerprint density at radius 3 is 2.70 bits per heavy atom. The summed E-state index contributed by atoms with van der Waals surface area (Å²) in [4.78, 5) is 3.41. The average Bonchev–Trinajstić information content (AvgIpc) is 1.88. The van der Waals surface area contributed by atoms with E-state index in [1.54, 1.807) is 0 Å². The van der Waals surface area contributed by atoms with Crippen molar-refractivity contribution in [2.75, 3.05) is 0 Å². The zero-order chi connectivity index (χ0) is 7.56. The maximum Gasteiger partial charge on any atom is 0.148 e. The van der Waals surface area contributed by atoms with E-state index >= 15 is 0 Å². The van der Waals surface area contributed by atoms with Gasteiger partial charge >= 0.3 is 0 Å². The summed E-state index contributed by atoms with van der Waals surface area (Å²) >= 11 is 5.26. The van der Waals surface area contributed by atoms with Gasteiger partial charge in [0, 0.05) is 6.07 Å². The fraction of sp³-hybridized carbons (Fsp3) is 0.167. The smallest absolute Gasteiger partial charge is 0.148 e. The van der Waals surface area contributed by atoms with Gasteiger partial charge in [-0.2, -0.15) is 0 Å². The topological polar surface area (TPSA) is 12.9 Å². The highest BCUT2D eigenvalue weighted by atomic mass is 35.5. The van der Waals surface area contributed by atoms with Crippen molar-refractivity contribution in [3.8, 4) is 0 Å². The summed E-state index contributed by atoms with van der Waals surface area (Å²) in [7, 11) is 0. The van der Waals surface area contributed by atoms with Crippen LogP contribution in [0.15, 0.2) is 12.3 Å². The van der Waals surface area contributed by atoms with Crippen LogP contribution >= 0.6 is 11.6 Å². The SMILES string of the molecule is Fc1cnc(CCl)c(F)c1. The van der Waals surface area contributed by atoms with Crippen LogP contribution in [-0.4, -0.2) is 4.98 Å². The van der Waals surface area contributed by atoms with Gasteiger partial charge in [0.2, 0.25) is 0 Å². The minimum absolute atomic E-state index is 0.0356. The van der Waals surface area contributed by atoms with Crippen LogP contribution in [-0.2, 0) is 5.88 Å². The van der Waals surface area contributed by atoms with Crippen molar-refractivity contribution in [1.82, 2.24) is 4.98 Å². The molecule has 0 spiro atoms. The largest absolute Gasteiger partial charge is 0.254 e. The Kier molecular flexibility index (Phi) is 2.17. The Morgan fingerprint density at radius 1 is 1.50 bits per heavy atom. The standard InChI is InChI=1S/C6H4ClF2N/c7-2-6-5(9)1-4(8)3-10-6/h1,3H,2H2. The molecule has 10 heavy (non-hydrogen) atoms. The molecule has 1 rings (SSSR count). The fourth-order valence-corrected chi connectivity index (χ4v) is 0.738. The molecule has 1 aromatic heterocycles. The van der Waals surface area contributed by atoms with Gasteiger partial charge in [-0.3, -0.25) is 4.98 Å². The molecule has 0 saturated heterocycles. The molecule has 1 heterocycles. The van der Waals surface area contributed by atoms with E-state index in [0.717, 1.165) is 12.3 Å². The van der Waals surface area contributed by atoms with Gasteiger partial charge in [0.1, 0.15) is 11.6 Å². The summed E-state index contributed by atoms with van der Waals surface area (Å²) in [6.45, 7) is 0. The van der Waals surface area contributed by atoms with E-state index in [1.165, 1.54) is 0 Å². The van der Waals surface area contributed by atoms with Gasteiger partial charge in [-0.1, -0.05) is 0 Å². The van der Waals surface area contributed by atoms with Crippen LogP contribution in [0.2, 0.25) is 0 Å². The van der Waals surface area contributed by atoms with E-state index in [9.17, 15) is 8.78 Å². The average molecular weight is 164 g/mol. The molecule has 0 atom stereocenters. The van der Waals surface area contributed by atoms with Crippen molar-refractivity contribution in [3.05, 3.63) is 29.6 Å². The Morgan fingerprint density at radius 2 is 2.20 bits per heavy atom. The number of halogens is 3.